The molecule has 0 atom stereocenters. The first-order valence-electron chi connectivity index (χ1n) is 9.81. The Balaban J connectivity index is 1.66. The van der Waals surface area contributed by atoms with Crippen LogP contribution in [0, 0.1) is 0 Å². The van der Waals surface area contributed by atoms with Crippen molar-refractivity contribution in [2.45, 2.75) is 52.0 Å². The molecule has 0 saturated heterocycles. The average molecular weight is 343 g/mol. The van der Waals surface area contributed by atoms with Crippen molar-refractivity contribution < 1.29 is 9.69 Å². The fraction of sp³-hybridized carbons (Fsp3) is 0.600. The second-order valence-electron chi connectivity index (χ2n) is 7.11. The molecule has 0 spiro atoms. The summed E-state index contributed by atoms with van der Waals surface area (Å²) < 4.78 is 2.31. The number of quaternary nitrogens is 1. The molecular weight excluding hydrogens is 312 g/mol. The zero-order chi connectivity index (χ0) is 17.6. The van der Waals surface area contributed by atoms with Crippen molar-refractivity contribution in [1.29, 1.82) is 0 Å². The molecular formula is C20H31N4O+. The van der Waals surface area contributed by atoms with E-state index in [1.54, 1.807) is 0 Å². The molecule has 1 heterocycles. The summed E-state index contributed by atoms with van der Waals surface area (Å²) in [6, 6.07) is 6.48. The van der Waals surface area contributed by atoms with Gasteiger partial charge < -0.3 is 14.8 Å². The summed E-state index contributed by atoms with van der Waals surface area (Å²) >= 11 is 0. The number of benzene rings is 1. The molecule has 1 aromatic heterocycles. The van der Waals surface area contributed by atoms with E-state index in [4.69, 9.17) is 0 Å². The molecule has 1 saturated carbocycles. The number of hydrogen-bond acceptors (Lipinski definition) is 2. The number of nitrogens with one attached hydrogen (secondary N) is 2. The number of carbonyl (C=O) groups is 1. The Morgan fingerprint density at radius 3 is 2.72 bits per heavy atom. The van der Waals surface area contributed by atoms with E-state index in [9.17, 15) is 4.79 Å². The molecule has 2 aromatic rings. The van der Waals surface area contributed by atoms with Crippen LogP contribution < -0.4 is 10.2 Å². The second-order valence-corrected chi connectivity index (χ2v) is 7.11. The van der Waals surface area contributed by atoms with Gasteiger partial charge in [0.1, 0.15) is 0 Å². The number of carbonyl (C=O) groups excluding carboxylic acids is 1. The van der Waals surface area contributed by atoms with Crippen LogP contribution in [0.1, 0.15) is 62.4 Å². The van der Waals surface area contributed by atoms with E-state index in [1.807, 2.05) is 18.5 Å². The third-order valence-electron chi connectivity index (χ3n) is 5.57. The SMILES string of the molecule is CC[NH+](CC)CCNC(=O)c1ccc2c(c1)ncn2C1CCCCC1. The lowest BCUT2D eigenvalue weighted by Crippen LogP contribution is -3.12. The zero-order valence-corrected chi connectivity index (χ0v) is 15.6. The number of rotatable bonds is 7. The molecule has 25 heavy (non-hydrogen) atoms. The van der Waals surface area contributed by atoms with Gasteiger partial charge in [0.25, 0.3) is 5.91 Å². The Labute approximate surface area is 150 Å². The van der Waals surface area contributed by atoms with Crippen molar-refractivity contribution in [3.63, 3.8) is 0 Å². The summed E-state index contributed by atoms with van der Waals surface area (Å²) in [6.07, 6.45) is 8.39. The third kappa shape index (κ3) is 4.21. The highest BCUT2D eigenvalue weighted by molar-refractivity contribution is 5.97. The standard InChI is InChI=1S/C20H30N4O/c1-3-23(4-2)13-12-21-20(25)16-10-11-19-18(14-16)22-15-24(19)17-8-6-5-7-9-17/h10-11,14-15,17H,3-9,12-13H2,1-2H3,(H,21,25)/p+1. The van der Waals surface area contributed by atoms with Crippen LogP contribution >= 0.6 is 0 Å². The molecule has 1 aliphatic carbocycles. The Morgan fingerprint density at radius 1 is 1.24 bits per heavy atom. The van der Waals surface area contributed by atoms with E-state index in [0.29, 0.717) is 18.2 Å². The van der Waals surface area contributed by atoms with Gasteiger partial charge >= 0.3 is 0 Å². The number of fused-ring (bicyclic) bond motifs is 1. The van der Waals surface area contributed by atoms with Crippen LogP contribution in [0.3, 0.4) is 0 Å². The first kappa shape index (κ1) is 17.9. The fourth-order valence-corrected chi connectivity index (χ4v) is 3.88. The van der Waals surface area contributed by atoms with Gasteiger partial charge in [-0.15, -0.1) is 0 Å². The van der Waals surface area contributed by atoms with Gasteiger partial charge in [-0.25, -0.2) is 4.98 Å². The smallest absolute Gasteiger partial charge is 0.251 e. The summed E-state index contributed by atoms with van der Waals surface area (Å²) in [7, 11) is 0. The summed E-state index contributed by atoms with van der Waals surface area (Å²) in [5.41, 5.74) is 2.78. The van der Waals surface area contributed by atoms with Crippen molar-refractivity contribution in [2.75, 3.05) is 26.2 Å². The maximum atomic E-state index is 12.4. The molecule has 2 N–H and O–H groups in total. The topological polar surface area (TPSA) is 51.4 Å². The van der Waals surface area contributed by atoms with E-state index in [-0.39, 0.29) is 5.91 Å². The van der Waals surface area contributed by atoms with Gasteiger partial charge in [-0.3, -0.25) is 4.79 Å². The Kier molecular flexibility index (Phi) is 6.08. The van der Waals surface area contributed by atoms with Crippen molar-refractivity contribution in [1.82, 2.24) is 14.9 Å². The Morgan fingerprint density at radius 2 is 2.00 bits per heavy atom. The van der Waals surface area contributed by atoms with Crippen LogP contribution in [0.4, 0.5) is 0 Å². The van der Waals surface area contributed by atoms with Crippen molar-refractivity contribution in [2.24, 2.45) is 0 Å². The molecule has 1 aromatic carbocycles. The minimum Gasteiger partial charge on any atom is -0.346 e. The van der Waals surface area contributed by atoms with E-state index in [2.05, 4.69) is 34.8 Å². The van der Waals surface area contributed by atoms with Crippen LogP contribution in [-0.2, 0) is 0 Å². The highest BCUT2D eigenvalue weighted by atomic mass is 16.1. The minimum absolute atomic E-state index is 0.000623. The van der Waals surface area contributed by atoms with E-state index < -0.39 is 0 Å². The average Bonchev–Trinajstić information content (AvgIpc) is 3.09. The Bertz CT molecular complexity index is 699. The molecule has 5 heteroatoms. The predicted octanol–water partition coefficient (Wildman–Crippen LogP) is 2.20. The normalized spacial score (nSPS) is 15.8. The van der Waals surface area contributed by atoms with E-state index in [1.165, 1.54) is 37.0 Å². The first-order chi connectivity index (χ1) is 12.2. The molecule has 5 nitrogen and oxygen atoms in total. The molecule has 3 rings (SSSR count). The molecule has 1 fully saturated rings. The molecule has 0 radical (unpaired) electrons. The largest absolute Gasteiger partial charge is 0.346 e. The molecule has 136 valence electrons. The quantitative estimate of drug-likeness (QED) is 0.810. The molecule has 0 aliphatic heterocycles. The first-order valence-corrected chi connectivity index (χ1v) is 9.81. The maximum absolute atomic E-state index is 12.4. The van der Waals surface area contributed by atoms with Crippen LogP contribution in [0.5, 0.6) is 0 Å². The van der Waals surface area contributed by atoms with Gasteiger partial charge in [-0.2, -0.15) is 0 Å². The third-order valence-corrected chi connectivity index (χ3v) is 5.57. The van der Waals surface area contributed by atoms with E-state index in [0.717, 1.165) is 30.7 Å². The van der Waals surface area contributed by atoms with Crippen molar-refractivity contribution >= 4 is 16.9 Å². The van der Waals surface area contributed by atoms with Gasteiger partial charge in [0.05, 0.1) is 43.5 Å². The summed E-state index contributed by atoms with van der Waals surface area (Å²) in [6.45, 7) is 8.23. The monoisotopic (exact) mass is 343 g/mol. The highest BCUT2D eigenvalue weighted by Crippen LogP contribution is 2.30. The summed E-state index contributed by atoms with van der Waals surface area (Å²) in [4.78, 5) is 18.5. The van der Waals surface area contributed by atoms with E-state index >= 15 is 0 Å². The van der Waals surface area contributed by atoms with Gasteiger partial charge in [0.2, 0.25) is 0 Å². The number of amides is 1. The van der Waals surface area contributed by atoms with Gasteiger partial charge in [0.15, 0.2) is 0 Å². The predicted molar refractivity (Wildman–Crippen MR) is 101 cm³/mol. The number of hydrogen-bond donors (Lipinski definition) is 2. The van der Waals surface area contributed by atoms with Crippen LogP contribution in [0.25, 0.3) is 11.0 Å². The van der Waals surface area contributed by atoms with Crippen LogP contribution in [0.15, 0.2) is 24.5 Å². The molecule has 1 aliphatic rings. The number of likely N-dealkylation sites (N-methyl/N-ethyl adjacent to an activating group) is 1. The van der Waals surface area contributed by atoms with Crippen LogP contribution in [-0.4, -0.2) is 41.6 Å². The lowest BCUT2D eigenvalue weighted by molar-refractivity contribution is -0.895. The minimum atomic E-state index is 0.000623. The molecule has 0 unspecified atom stereocenters. The van der Waals surface area contributed by atoms with Crippen molar-refractivity contribution in [3.8, 4) is 0 Å². The van der Waals surface area contributed by atoms with Crippen molar-refractivity contribution in [3.05, 3.63) is 30.1 Å². The number of aromatic nitrogens is 2. The zero-order valence-electron chi connectivity index (χ0n) is 15.6. The highest BCUT2D eigenvalue weighted by Gasteiger charge is 2.18. The van der Waals surface area contributed by atoms with Crippen LogP contribution in [0.2, 0.25) is 0 Å². The maximum Gasteiger partial charge on any atom is 0.251 e. The van der Waals surface area contributed by atoms with Gasteiger partial charge in [0, 0.05) is 11.6 Å². The molecule has 0 bridgehead atoms. The number of imidazole rings is 1. The Hall–Kier alpha value is -1.88. The summed E-state index contributed by atoms with van der Waals surface area (Å²) in [5, 5.41) is 3.04. The fourth-order valence-electron chi connectivity index (χ4n) is 3.88. The van der Waals surface area contributed by atoms with Gasteiger partial charge in [-0.1, -0.05) is 19.3 Å². The summed E-state index contributed by atoms with van der Waals surface area (Å²) in [5.74, 6) is 0.000623. The van der Waals surface area contributed by atoms with Gasteiger partial charge in [-0.05, 0) is 44.9 Å². The number of nitrogens with zero attached hydrogens (tertiary/aromatic N) is 2. The lowest BCUT2D eigenvalue weighted by atomic mass is 9.95. The molecule has 1 amide bonds. The lowest BCUT2D eigenvalue weighted by Gasteiger charge is -2.23. The second kappa shape index (κ2) is 8.48.